The van der Waals surface area contributed by atoms with E-state index in [4.69, 9.17) is 4.52 Å². The molecule has 35 heavy (non-hydrogen) atoms. The molecule has 0 amide bonds. The summed E-state index contributed by atoms with van der Waals surface area (Å²) in [4.78, 5) is 7.45. The zero-order valence-electron chi connectivity index (χ0n) is 19.1. The van der Waals surface area contributed by atoms with Crippen molar-refractivity contribution in [1.29, 1.82) is 0 Å². The van der Waals surface area contributed by atoms with Gasteiger partial charge in [-0.3, -0.25) is 0 Å². The summed E-state index contributed by atoms with van der Waals surface area (Å²) >= 11 is 0. The van der Waals surface area contributed by atoms with Gasteiger partial charge in [0.25, 0.3) is 0 Å². The van der Waals surface area contributed by atoms with E-state index in [0.29, 0.717) is 40.9 Å². The van der Waals surface area contributed by atoms with Crippen LogP contribution in [-0.4, -0.2) is 42.3 Å². The summed E-state index contributed by atoms with van der Waals surface area (Å²) in [5.74, 6) is 1.32. The van der Waals surface area contributed by atoms with Crippen LogP contribution in [0.1, 0.15) is 28.4 Å². The Bertz CT molecular complexity index is 1340. The van der Waals surface area contributed by atoms with Crippen molar-refractivity contribution in [3.8, 4) is 11.4 Å². The maximum Gasteiger partial charge on any atom is 0.416 e. The third-order valence-corrected chi connectivity index (χ3v) is 5.15. The fraction of sp³-hybridized carbons (Fsp3) is 0.208. The molecule has 0 spiro atoms. The van der Waals surface area contributed by atoms with Crippen molar-refractivity contribution in [3.63, 3.8) is 0 Å². The van der Waals surface area contributed by atoms with Gasteiger partial charge >= 0.3 is 6.18 Å². The summed E-state index contributed by atoms with van der Waals surface area (Å²) in [7, 11) is 1.80. The van der Waals surface area contributed by atoms with Crippen LogP contribution < -0.4 is 0 Å². The van der Waals surface area contributed by atoms with Crippen LogP contribution in [0.15, 0.2) is 71.4 Å². The number of nitrogens with zero attached hydrogens (tertiary/aromatic N) is 7. The third-order valence-electron chi connectivity index (χ3n) is 5.15. The minimum absolute atomic E-state index is 0.0387. The van der Waals surface area contributed by atoms with Crippen molar-refractivity contribution in [3.05, 3.63) is 95.3 Å². The smallest absolute Gasteiger partial charge is 0.366 e. The molecule has 180 valence electrons. The molecule has 0 saturated carbocycles. The predicted octanol–water partition coefficient (Wildman–Crippen LogP) is 4.76. The van der Waals surface area contributed by atoms with Crippen LogP contribution in [0.4, 0.5) is 13.2 Å². The van der Waals surface area contributed by atoms with E-state index in [-0.39, 0.29) is 6.54 Å². The molecule has 0 aliphatic rings. The standard InChI is InChI=1S/C24H22F3N7O/c1-16(33(3)15-22-28-23(31-35-22)19-7-5-4-6-8-19)9-10-18-11-12-21(24(25,26)27)13-20(18)14-34-30-17(2)29-32-34/h4-13H,1,14-15H2,2-3H3/b10-9+. The minimum Gasteiger partial charge on any atom is -0.366 e. The van der Waals surface area contributed by atoms with Crippen LogP contribution in [0, 0.1) is 6.92 Å². The number of likely N-dealkylation sites (N-methyl/N-ethyl adjacent to an activating group) is 1. The molecule has 11 heteroatoms. The van der Waals surface area contributed by atoms with E-state index >= 15 is 0 Å². The molecule has 0 atom stereocenters. The first-order valence-corrected chi connectivity index (χ1v) is 10.6. The Hall–Kier alpha value is -4.28. The Kier molecular flexibility index (Phi) is 6.76. The van der Waals surface area contributed by atoms with Crippen LogP contribution in [0.25, 0.3) is 17.5 Å². The molecule has 2 aromatic carbocycles. The Balaban J connectivity index is 1.49. The quantitative estimate of drug-likeness (QED) is 0.336. The molecule has 0 fully saturated rings. The second-order valence-corrected chi connectivity index (χ2v) is 7.84. The zero-order chi connectivity index (χ0) is 25.0. The molecule has 0 unspecified atom stereocenters. The number of benzene rings is 2. The summed E-state index contributed by atoms with van der Waals surface area (Å²) in [5, 5.41) is 15.7. The van der Waals surface area contributed by atoms with Crippen molar-refractivity contribution in [2.75, 3.05) is 7.05 Å². The van der Waals surface area contributed by atoms with Crippen LogP contribution in [0.3, 0.4) is 0 Å². The average molecular weight is 481 g/mol. The van der Waals surface area contributed by atoms with Gasteiger partial charge in [0.15, 0.2) is 5.82 Å². The average Bonchev–Trinajstić information content (AvgIpc) is 3.46. The van der Waals surface area contributed by atoms with E-state index in [2.05, 4.69) is 32.1 Å². The molecule has 0 aliphatic carbocycles. The van der Waals surface area contributed by atoms with Gasteiger partial charge in [0.2, 0.25) is 11.7 Å². The lowest BCUT2D eigenvalue weighted by atomic mass is 10.0. The van der Waals surface area contributed by atoms with Crippen molar-refractivity contribution in [1.82, 2.24) is 35.2 Å². The fourth-order valence-corrected chi connectivity index (χ4v) is 3.27. The van der Waals surface area contributed by atoms with E-state index in [1.54, 1.807) is 31.0 Å². The Morgan fingerprint density at radius 3 is 2.63 bits per heavy atom. The SMILES string of the molecule is C=C(/C=C/c1ccc(C(F)(F)F)cc1Cn1nnc(C)n1)N(C)Cc1nc(-c2ccccc2)no1. The number of rotatable bonds is 8. The van der Waals surface area contributed by atoms with Gasteiger partial charge in [-0.25, -0.2) is 0 Å². The van der Waals surface area contributed by atoms with E-state index in [1.807, 2.05) is 30.3 Å². The molecule has 8 nitrogen and oxygen atoms in total. The normalized spacial score (nSPS) is 11.8. The number of hydrogen-bond acceptors (Lipinski definition) is 7. The highest BCUT2D eigenvalue weighted by Crippen LogP contribution is 2.31. The molecule has 2 aromatic heterocycles. The number of aryl methyl sites for hydroxylation is 1. The molecule has 4 rings (SSSR count). The Labute approximate surface area is 199 Å². The number of alkyl halides is 3. The first kappa shape index (κ1) is 23.9. The maximum atomic E-state index is 13.3. The number of aromatic nitrogens is 6. The van der Waals surface area contributed by atoms with E-state index < -0.39 is 11.7 Å². The monoisotopic (exact) mass is 481 g/mol. The first-order valence-electron chi connectivity index (χ1n) is 10.6. The van der Waals surface area contributed by atoms with Crippen molar-refractivity contribution in [2.45, 2.75) is 26.2 Å². The Morgan fingerprint density at radius 1 is 1.17 bits per heavy atom. The maximum absolute atomic E-state index is 13.3. The van der Waals surface area contributed by atoms with Crippen LogP contribution in [0.2, 0.25) is 0 Å². The summed E-state index contributed by atoms with van der Waals surface area (Å²) in [5.41, 5.74) is 1.67. The topological polar surface area (TPSA) is 85.8 Å². The van der Waals surface area contributed by atoms with E-state index in [9.17, 15) is 13.2 Å². The van der Waals surface area contributed by atoms with Crippen LogP contribution in [-0.2, 0) is 19.3 Å². The molecule has 0 aliphatic heterocycles. The second-order valence-electron chi connectivity index (χ2n) is 7.84. The van der Waals surface area contributed by atoms with Gasteiger partial charge in [0.1, 0.15) is 0 Å². The van der Waals surface area contributed by atoms with Gasteiger partial charge in [-0.15, -0.1) is 10.2 Å². The van der Waals surface area contributed by atoms with Crippen molar-refractivity contribution < 1.29 is 17.7 Å². The fourth-order valence-electron chi connectivity index (χ4n) is 3.27. The zero-order valence-corrected chi connectivity index (χ0v) is 19.1. The van der Waals surface area contributed by atoms with Gasteiger partial charge < -0.3 is 9.42 Å². The third kappa shape index (κ3) is 5.99. The molecule has 0 saturated heterocycles. The highest BCUT2D eigenvalue weighted by Gasteiger charge is 2.31. The molecular weight excluding hydrogens is 459 g/mol. The molecular formula is C24H22F3N7O. The van der Waals surface area contributed by atoms with Crippen LogP contribution in [0.5, 0.6) is 0 Å². The van der Waals surface area contributed by atoms with E-state index in [0.717, 1.165) is 17.7 Å². The van der Waals surface area contributed by atoms with Crippen molar-refractivity contribution >= 4 is 6.08 Å². The molecule has 0 radical (unpaired) electrons. The summed E-state index contributed by atoms with van der Waals surface area (Å²) in [6, 6.07) is 13.0. The van der Waals surface area contributed by atoms with Gasteiger partial charge in [-0.05, 0) is 41.5 Å². The number of allylic oxidation sites excluding steroid dienone is 1. The minimum atomic E-state index is -4.46. The van der Waals surface area contributed by atoms with Crippen molar-refractivity contribution in [2.24, 2.45) is 0 Å². The second kappa shape index (κ2) is 9.92. The highest BCUT2D eigenvalue weighted by atomic mass is 19.4. The summed E-state index contributed by atoms with van der Waals surface area (Å²) in [6.07, 6.45) is -1.06. The molecule has 0 bridgehead atoms. The van der Waals surface area contributed by atoms with E-state index in [1.165, 1.54) is 10.9 Å². The molecule has 4 aromatic rings. The number of halogens is 3. The highest BCUT2D eigenvalue weighted by molar-refractivity contribution is 5.57. The lowest BCUT2D eigenvalue weighted by molar-refractivity contribution is -0.137. The number of tetrazole rings is 1. The van der Waals surface area contributed by atoms with Crippen LogP contribution >= 0.6 is 0 Å². The molecule has 2 heterocycles. The van der Waals surface area contributed by atoms with Gasteiger partial charge in [0, 0.05) is 18.3 Å². The number of hydrogen-bond donors (Lipinski definition) is 0. The Morgan fingerprint density at radius 2 is 1.94 bits per heavy atom. The largest absolute Gasteiger partial charge is 0.416 e. The molecule has 0 N–H and O–H groups in total. The summed E-state index contributed by atoms with van der Waals surface area (Å²) in [6.45, 7) is 6.04. The first-order chi connectivity index (χ1) is 16.7. The van der Waals surface area contributed by atoms with Gasteiger partial charge in [-0.2, -0.15) is 23.0 Å². The van der Waals surface area contributed by atoms with Gasteiger partial charge in [0.05, 0.1) is 18.7 Å². The summed E-state index contributed by atoms with van der Waals surface area (Å²) < 4.78 is 45.1. The lowest BCUT2D eigenvalue weighted by Crippen LogP contribution is -2.15. The predicted molar refractivity (Wildman–Crippen MR) is 122 cm³/mol. The lowest BCUT2D eigenvalue weighted by Gasteiger charge is -2.17. The van der Waals surface area contributed by atoms with Gasteiger partial charge in [-0.1, -0.05) is 54.2 Å².